The van der Waals surface area contributed by atoms with E-state index in [1.165, 1.54) is 16.9 Å². The lowest BCUT2D eigenvalue weighted by atomic mass is 10.1. The summed E-state index contributed by atoms with van der Waals surface area (Å²) in [5.74, 6) is 0.175. The number of hydrogen-bond acceptors (Lipinski definition) is 6. The summed E-state index contributed by atoms with van der Waals surface area (Å²) in [5, 5.41) is 11.5. The second-order valence-corrected chi connectivity index (χ2v) is 9.08. The van der Waals surface area contributed by atoms with Gasteiger partial charge >= 0.3 is 0 Å². The normalized spacial score (nSPS) is 16.2. The predicted octanol–water partition coefficient (Wildman–Crippen LogP) is 4.13. The number of thioether (sulfide) groups is 1. The van der Waals surface area contributed by atoms with Crippen LogP contribution in [0.3, 0.4) is 0 Å². The fraction of sp³-hybridized carbons (Fsp3) is 0.238. The number of hydrogen-bond donors (Lipinski definition) is 1. The molecule has 8 heteroatoms. The van der Waals surface area contributed by atoms with Crippen LogP contribution in [0, 0.1) is 12.8 Å². The number of aromatic nitrogens is 2. The molecular weight excluding hydrogens is 404 g/mol. The molecule has 1 saturated heterocycles. The molecule has 1 aromatic heterocycles. The van der Waals surface area contributed by atoms with Gasteiger partial charge in [0.15, 0.2) is 4.34 Å². The maximum absolute atomic E-state index is 12.6. The van der Waals surface area contributed by atoms with Crippen LogP contribution in [0.2, 0.25) is 0 Å². The van der Waals surface area contributed by atoms with Gasteiger partial charge in [-0.1, -0.05) is 71.1 Å². The SMILES string of the molecule is Cc1ccc(N2C[C@@H](C(=O)Nc3nnc(SCc4ccccc4)s3)CC2=O)cc1. The summed E-state index contributed by atoms with van der Waals surface area (Å²) in [6.07, 6.45) is 0.203. The number of anilines is 2. The van der Waals surface area contributed by atoms with Crippen LogP contribution in [0.4, 0.5) is 10.8 Å². The molecule has 6 nitrogen and oxygen atoms in total. The van der Waals surface area contributed by atoms with E-state index in [2.05, 4.69) is 27.6 Å². The molecule has 0 aliphatic carbocycles. The molecule has 29 heavy (non-hydrogen) atoms. The highest BCUT2D eigenvalue weighted by Crippen LogP contribution is 2.30. The number of aryl methyl sites for hydroxylation is 1. The van der Waals surface area contributed by atoms with Crippen molar-refractivity contribution in [3.8, 4) is 0 Å². The average molecular weight is 425 g/mol. The first kappa shape index (κ1) is 19.6. The fourth-order valence-electron chi connectivity index (χ4n) is 3.10. The number of carbonyl (C=O) groups is 2. The third-order valence-electron chi connectivity index (χ3n) is 4.68. The van der Waals surface area contributed by atoms with Crippen molar-refractivity contribution < 1.29 is 9.59 Å². The van der Waals surface area contributed by atoms with Crippen molar-refractivity contribution in [3.05, 3.63) is 65.7 Å². The second kappa shape index (κ2) is 8.75. The molecule has 1 N–H and O–H groups in total. The van der Waals surface area contributed by atoms with Crippen LogP contribution in [-0.2, 0) is 15.3 Å². The Morgan fingerprint density at radius 1 is 1.17 bits per heavy atom. The van der Waals surface area contributed by atoms with Gasteiger partial charge in [-0.15, -0.1) is 10.2 Å². The number of rotatable bonds is 6. The number of carbonyl (C=O) groups excluding carboxylic acids is 2. The van der Waals surface area contributed by atoms with E-state index in [4.69, 9.17) is 0 Å². The maximum Gasteiger partial charge on any atom is 0.231 e. The first-order valence-corrected chi connectivity index (χ1v) is 11.1. The number of amides is 2. The molecule has 0 bridgehead atoms. The van der Waals surface area contributed by atoms with Crippen LogP contribution in [0.1, 0.15) is 17.5 Å². The van der Waals surface area contributed by atoms with E-state index in [0.717, 1.165) is 21.3 Å². The summed E-state index contributed by atoms with van der Waals surface area (Å²) in [6.45, 7) is 2.38. The minimum Gasteiger partial charge on any atom is -0.312 e. The summed E-state index contributed by atoms with van der Waals surface area (Å²) < 4.78 is 0.799. The minimum absolute atomic E-state index is 0.0367. The summed E-state index contributed by atoms with van der Waals surface area (Å²) >= 11 is 2.93. The molecule has 2 heterocycles. The molecule has 0 radical (unpaired) electrons. The van der Waals surface area contributed by atoms with E-state index in [1.807, 2.05) is 49.4 Å². The van der Waals surface area contributed by atoms with E-state index in [0.29, 0.717) is 11.7 Å². The monoisotopic (exact) mass is 424 g/mol. The molecule has 0 saturated carbocycles. The second-order valence-electron chi connectivity index (χ2n) is 6.88. The highest BCUT2D eigenvalue weighted by Gasteiger charge is 2.35. The molecule has 2 aromatic carbocycles. The highest BCUT2D eigenvalue weighted by molar-refractivity contribution is 8.00. The van der Waals surface area contributed by atoms with E-state index in [1.54, 1.807) is 16.7 Å². The third kappa shape index (κ3) is 4.83. The Labute approximate surface area is 177 Å². The van der Waals surface area contributed by atoms with Crippen molar-refractivity contribution in [1.82, 2.24) is 10.2 Å². The standard InChI is InChI=1S/C21H20N4O2S2/c1-14-7-9-17(10-8-14)25-12-16(11-18(25)26)19(27)22-20-23-24-21(29-20)28-13-15-5-3-2-4-6-15/h2-10,16H,11-13H2,1H3,(H,22,23,27)/t16-/m0/s1. The Morgan fingerprint density at radius 3 is 2.69 bits per heavy atom. The largest absolute Gasteiger partial charge is 0.312 e. The van der Waals surface area contributed by atoms with Gasteiger partial charge in [0.05, 0.1) is 5.92 Å². The number of nitrogens with zero attached hydrogens (tertiary/aromatic N) is 3. The van der Waals surface area contributed by atoms with Crippen LogP contribution >= 0.6 is 23.1 Å². The van der Waals surface area contributed by atoms with Crippen molar-refractivity contribution in [2.75, 3.05) is 16.8 Å². The fourth-order valence-corrected chi connectivity index (χ4v) is 4.81. The van der Waals surface area contributed by atoms with E-state index in [9.17, 15) is 9.59 Å². The Balaban J connectivity index is 1.33. The van der Waals surface area contributed by atoms with Crippen LogP contribution in [-0.4, -0.2) is 28.6 Å². The van der Waals surface area contributed by atoms with Crippen molar-refractivity contribution >= 4 is 45.7 Å². The van der Waals surface area contributed by atoms with Crippen LogP contribution in [0.25, 0.3) is 0 Å². The van der Waals surface area contributed by atoms with Gasteiger partial charge < -0.3 is 10.2 Å². The van der Waals surface area contributed by atoms with Crippen LogP contribution in [0.15, 0.2) is 58.9 Å². The molecule has 1 aliphatic rings. The zero-order valence-electron chi connectivity index (χ0n) is 15.9. The van der Waals surface area contributed by atoms with Crippen molar-refractivity contribution in [2.45, 2.75) is 23.4 Å². The Kier molecular flexibility index (Phi) is 5.92. The van der Waals surface area contributed by atoms with Gasteiger partial charge in [0, 0.05) is 24.4 Å². The third-order valence-corrected chi connectivity index (χ3v) is 6.73. The lowest BCUT2D eigenvalue weighted by Gasteiger charge is -2.16. The zero-order valence-corrected chi connectivity index (χ0v) is 17.5. The summed E-state index contributed by atoms with van der Waals surface area (Å²) in [6, 6.07) is 17.9. The number of benzene rings is 2. The van der Waals surface area contributed by atoms with E-state index >= 15 is 0 Å². The van der Waals surface area contributed by atoms with Crippen molar-refractivity contribution in [2.24, 2.45) is 5.92 Å². The highest BCUT2D eigenvalue weighted by atomic mass is 32.2. The average Bonchev–Trinajstić information content (AvgIpc) is 3.34. The first-order valence-electron chi connectivity index (χ1n) is 9.26. The molecule has 0 unspecified atom stereocenters. The molecular formula is C21H20N4O2S2. The molecule has 0 spiro atoms. The molecule has 3 aromatic rings. The van der Waals surface area contributed by atoms with E-state index < -0.39 is 5.92 Å². The maximum atomic E-state index is 12.6. The van der Waals surface area contributed by atoms with Gasteiger partial charge in [-0.3, -0.25) is 9.59 Å². The predicted molar refractivity (Wildman–Crippen MR) is 116 cm³/mol. The topological polar surface area (TPSA) is 75.2 Å². The molecule has 1 fully saturated rings. The molecule has 148 valence electrons. The smallest absolute Gasteiger partial charge is 0.231 e. The first-order chi connectivity index (χ1) is 14.1. The Hall–Kier alpha value is -2.71. The van der Waals surface area contributed by atoms with Gasteiger partial charge in [-0.05, 0) is 24.6 Å². The summed E-state index contributed by atoms with van der Waals surface area (Å²) in [7, 11) is 0. The van der Waals surface area contributed by atoms with Gasteiger partial charge in [0.25, 0.3) is 0 Å². The van der Waals surface area contributed by atoms with Crippen molar-refractivity contribution in [1.29, 1.82) is 0 Å². The molecule has 1 aliphatic heterocycles. The summed E-state index contributed by atoms with van der Waals surface area (Å²) in [4.78, 5) is 26.7. The lowest BCUT2D eigenvalue weighted by Crippen LogP contribution is -2.28. The molecule has 2 amide bonds. The number of nitrogens with one attached hydrogen (secondary N) is 1. The van der Waals surface area contributed by atoms with Crippen molar-refractivity contribution in [3.63, 3.8) is 0 Å². The van der Waals surface area contributed by atoms with Crippen LogP contribution < -0.4 is 10.2 Å². The van der Waals surface area contributed by atoms with Gasteiger partial charge in [0.2, 0.25) is 16.9 Å². The van der Waals surface area contributed by atoms with Gasteiger partial charge in [-0.2, -0.15) is 0 Å². The zero-order chi connectivity index (χ0) is 20.2. The van der Waals surface area contributed by atoms with E-state index in [-0.39, 0.29) is 18.2 Å². The Bertz CT molecular complexity index is 1010. The minimum atomic E-state index is -0.395. The molecule has 1 atom stereocenters. The lowest BCUT2D eigenvalue weighted by molar-refractivity contribution is -0.122. The molecule has 4 rings (SSSR count). The quantitative estimate of drug-likeness (QED) is 0.476. The Morgan fingerprint density at radius 2 is 1.93 bits per heavy atom. The van der Waals surface area contributed by atoms with Crippen LogP contribution in [0.5, 0.6) is 0 Å². The van der Waals surface area contributed by atoms with Gasteiger partial charge in [0.1, 0.15) is 0 Å². The van der Waals surface area contributed by atoms with Gasteiger partial charge in [-0.25, -0.2) is 0 Å². The summed E-state index contributed by atoms with van der Waals surface area (Å²) in [5.41, 5.74) is 3.16.